The number of hydrogen-bond acceptors (Lipinski definition) is 2. The van der Waals surface area contributed by atoms with E-state index in [0.29, 0.717) is 0 Å². The molecule has 0 spiro atoms. The lowest BCUT2D eigenvalue weighted by Crippen LogP contribution is -2.34. The van der Waals surface area contributed by atoms with E-state index in [2.05, 4.69) is 86.1 Å². The highest BCUT2D eigenvalue weighted by molar-refractivity contribution is 5.74. The van der Waals surface area contributed by atoms with Crippen molar-refractivity contribution in [2.24, 2.45) is 7.05 Å². The normalized spacial score (nSPS) is 11.3. The molecule has 116 valence electrons. The Morgan fingerprint density at radius 1 is 0.957 bits per heavy atom. The third-order valence-electron chi connectivity index (χ3n) is 4.11. The molecule has 3 heteroatoms. The average molecular weight is 304 g/mol. The first-order valence-electron chi connectivity index (χ1n) is 7.77. The van der Waals surface area contributed by atoms with E-state index in [1.54, 1.807) is 0 Å². The maximum Gasteiger partial charge on any atom is 0.231 e. The fourth-order valence-corrected chi connectivity index (χ4v) is 2.74. The van der Waals surface area contributed by atoms with Gasteiger partial charge in [0.05, 0.1) is 0 Å². The third kappa shape index (κ3) is 3.09. The van der Waals surface area contributed by atoms with Gasteiger partial charge >= 0.3 is 0 Å². The van der Waals surface area contributed by atoms with Gasteiger partial charge < -0.3 is 4.90 Å². The Morgan fingerprint density at radius 2 is 1.65 bits per heavy atom. The van der Waals surface area contributed by atoms with Gasteiger partial charge in [0.1, 0.15) is 18.3 Å². The molecular formula is C20H22N3+. The Hall–Kier alpha value is -2.68. The van der Waals surface area contributed by atoms with Crippen molar-refractivity contribution in [3.8, 4) is 0 Å². The molecule has 0 aliphatic carbocycles. The molecule has 23 heavy (non-hydrogen) atoms. The van der Waals surface area contributed by atoms with Gasteiger partial charge in [0.25, 0.3) is 0 Å². The first kappa shape index (κ1) is 15.2. The van der Waals surface area contributed by atoms with Crippen LogP contribution >= 0.6 is 0 Å². The van der Waals surface area contributed by atoms with Gasteiger partial charge in [-0.15, -0.1) is 0 Å². The number of fused-ring (bicyclic) bond motifs is 1. The fraction of sp³-hybridized carbons (Fsp3) is 0.200. The summed E-state index contributed by atoms with van der Waals surface area (Å²) in [6, 6.07) is 16.8. The molecule has 0 atom stereocenters. The van der Waals surface area contributed by atoms with Gasteiger partial charge in [-0.05, 0) is 36.8 Å². The quantitative estimate of drug-likeness (QED) is 0.689. The number of rotatable bonds is 3. The van der Waals surface area contributed by atoms with E-state index in [9.17, 15) is 0 Å². The summed E-state index contributed by atoms with van der Waals surface area (Å²) in [5, 5.41) is 0. The van der Waals surface area contributed by atoms with Crippen molar-refractivity contribution in [3.05, 3.63) is 65.5 Å². The molecule has 3 aromatic rings. The lowest BCUT2D eigenvalue weighted by molar-refractivity contribution is -0.647. The van der Waals surface area contributed by atoms with Crippen LogP contribution in [0, 0.1) is 6.92 Å². The van der Waals surface area contributed by atoms with Crippen molar-refractivity contribution < 1.29 is 4.57 Å². The Bertz CT molecular complexity index is 862. The molecule has 0 radical (unpaired) electrons. The molecule has 3 nitrogen and oxygen atoms in total. The van der Waals surface area contributed by atoms with Gasteiger partial charge in [0, 0.05) is 31.9 Å². The van der Waals surface area contributed by atoms with E-state index in [4.69, 9.17) is 4.98 Å². The summed E-state index contributed by atoms with van der Waals surface area (Å²) < 4.78 is 2.20. The molecular weight excluding hydrogens is 282 g/mol. The molecule has 0 saturated carbocycles. The molecule has 2 aromatic carbocycles. The smallest absolute Gasteiger partial charge is 0.231 e. The first-order chi connectivity index (χ1) is 11.1. The number of para-hydroxylation sites is 2. The predicted octanol–water partition coefficient (Wildman–Crippen LogP) is 3.60. The van der Waals surface area contributed by atoms with Crippen LogP contribution in [0.25, 0.3) is 23.2 Å². The summed E-state index contributed by atoms with van der Waals surface area (Å²) in [5.41, 5.74) is 6.72. The molecule has 0 bridgehead atoms. The minimum atomic E-state index is 1.03. The number of benzene rings is 2. The summed E-state index contributed by atoms with van der Waals surface area (Å²) in [6.45, 7) is 2.06. The molecule has 0 saturated heterocycles. The Labute approximate surface area is 137 Å². The predicted molar refractivity (Wildman–Crippen MR) is 97.4 cm³/mol. The fourth-order valence-electron chi connectivity index (χ4n) is 2.74. The maximum atomic E-state index is 4.71. The van der Waals surface area contributed by atoms with E-state index in [1.165, 1.54) is 11.3 Å². The Morgan fingerprint density at radius 3 is 2.35 bits per heavy atom. The summed E-state index contributed by atoms with van der Waals surface area (Å²) >= 11 is 0. The maximum absolute atomic E-state index is 4.71. The van der Waals surface area contributed by atoms with Crippen molar-refractivity contribution >= 4 is 28.9 Å². The van der Waals surface area contributed by atoms with Crippen molar-refractivity contribution in [1.29, 1.82) is 0 Å². The molecule has 0 N–H and O–H groups in total. The topological polar surface area (TPSA) is 20.0 Å². The Balaban J connectivity index is 1.97. The number of hydrogen-bond donors (Lipinski definition) is 0. The summed E-state index contributed by atoms with van der Waals surface area (Å²) in [5.74, 6) is 0. The SMILES string of the molecule is Cc1nc2ccccc2[n+](C)c1C=Cc1ccc(N(C)C)cc1. The zero-order valence-electron chi connectivity index (χ0n) is 14.1. The minimum absolute atomic E-state index is 1.03. The summed E-state index contributed by atoms with van der Waals surface area (Å²) in [4.78, 5) is 6.81. The standard InChI is InChI=1S/C20H22N3/c1-15-19(23(4)20-8-6-5-7-18(20)21-15)14-11-16-9-12-17(13-10-16)22(2)3/h5-14H,1-4H3/q+1. The van der Waals surface area contributed by atoms with E-state index in [-0.39, 0.29) is 0 Å². The zero-order valence-corrected chi connectivity index (χ0v) is 14.1. The van der Waals surface area contributed by atoms with Crippen molar-refractivity contribution in [3.63, 3.8) is 0 Å². The van der Waals surface area contributed by atoms with Gasteiger partial charge in [-0.25, -0.2) is 4.98 Å². The monoisotopic (exact) mass is 304 g/mol. The number of aryl methyl sites for hydroxylation is 2. The van der Waals surface area contributed by atoms with Gasteiger partial charge in [-0.3, -0.25) is 0 Å². The average Bonchev–Trinajstić information content (AvgIpc) is 2.55. The van der Waals surface area contributed by atoms with Crippen LogP contribution in [0.5, 0.6) is 0 Å². The number of nitrogens with zero attached hydrogens (tertiary/aromatic N) is 3. The molecule has 1 heterocycles. The molecule has 0 aliphatic heterocycles. The molecule has 3 rings (SSSR count). The van der Waals surface area contributed by atoms with Crippen LogP contribution in [0.3, 0.4) is 0 Å². The van der Waals surface area contributed by atoms with Crippen molar-refractivity contribution in [1.82, 2.24) is 4.98 Å². The third-order valence-corrected chi connectivity index (χ3v) is 4.11. The highest BCUT2D eigenvalue weighted by Crippen LogP contribution is 2.16. The van der Waals surface area contributed by atoms with Crippen LogP contribution in [0.15, 0.2) is 48.5 Å². The highest BCUT2D eigenvalue weighted by Gasteiger charge is 2.14. The second-order valence-corrected chi connectivity index (χ2v) is 5.95. The lowest BCUT2D eigenvalue weighted by atomic mass is 10.1. The minimum Gasteiger partial charge on any atom is -0.378 e. The van der Waals surface area contributed by atoms with E-state index < -0.39 is 0 Å². The molecule has 0 unspecified atom stereocenters. The number of aromatic nitrogens is 2. The molecule has 0 amide bonds. The molecule has 0 aliphatic rings. The van der Waals surface area contributed by atoms with Crippen LogP contribution in [-0.4, -0.2) is 19.1 Å². The van der Waals surface area contributed by atoms with Crippen molar-refractivity contribution in [2.75, 3.05) is 19.0 Å². The first-order valence-corrected chi connectivity index (χ1v) is 7.77. The largest absolute Gasteiger partial charge is 0.378 e. The van der Waals surface area contributed by atoms with Gasteiger partial charge in [0.2, 0.25) is 11.2 Å². The van der Waals surface area contributed by atoms with E-state index in [1.807, 2.05) is 12.1 Å². The second-order valence-electron chi connectivity index (χ2n) is 5.95. The molecule has 0 fully saturated rings. The summed E-state index contributed by atoms with van der Waals surface area (Å²) in [7, 11) is 6.19. The van der Waals surface area contributed by atoms with Gasteiger partial charge in [-0.2, -0.15) is 4.57 Å². The molecule has 1 aromatic heterocycles. The lowest BCUT2D eigenvalue weighted by Gasteiger charge is -2.11. The van der Waals surface area contributed by atoms with Gasteiger partial charge in [-0.1, -0.05) is 24.3 Å². The van der Waals surface area contributed by atoms with Crippen LogP contribution in [-0.2, 0) is 7.05 Å². The van der Waals surface area contributed by atoms with Gasteiger partial charge in [0.15, 0.2) is 0 Å². The highest BCUT2D eigenvalue weighted by atomic mass is 15.1. The summed E-state index contributed by atoms with van der Waals surface area (Å²) in [6.07, 6.45) is 4.28. The van der Waals surface area contributed by atoms with Crippen LogP contribution in [0.1, 0.15) is 17.0 Å². The van der Waals surface area contributed by atoms with Crippen LogP contribution in [0.2, 0.25) is 0 Å². The van der Waals surface area contributed by atoms with E-state index >= 15 is 0 Å². The zero-order chi connectivity index (χ0) is 16.4. The van der Waals surface area contributed by atoms with Crippen LogP contribution < -0.4 is 9.47 Å². The second kappa shape index (κ2) is 6.21. The number of anilines is 1. The van der Waals surface area contributed by atoms with Crippen LogP contribution in [0.4, 0.5) is 5.69 Å². The van der Waals surface area contributed by atoms with E-state index in [0.717, 1.165) is 22.4 Å². The van der Waals surface area contributed by atoms with Crippen molar-refractivity contribution in [2.45, 2.75) is 6.92 Å². The Kier molecular flexibility index (Phi) is 4.11.